The zero-order valence-electron chi connectivity index (χ0n) is 17.7. The third-order valence-electron chi connectivity index (χ3n) is 5.52. The van der Waals surface area contributed by atoms with Crippen LogP contribution in [0.4, 0.5) is 5.69 Å². The van der Waals surface area contributed by atoms with Gasteiger partial charge in [-0.3, -0.25) is 14.2 Å². The zero-order chi connectivity index (χ0) is 22.3. The van der Waals surface area contributed by atoms with Gasteiger partial charge in [0, 0.05) is 6.54 Å². The average Bonchev–Trinajstić information content (AvgIpc) is 2.83. The molecule has 1 N–H and O–H groups in total. The summed E-state index contributed by atoms with van der Waals surface area (Å²) < 4.78 is 1.69. The van der Waals surface area contributed by atoms with E-state index >= 15 is 0 Å². The fraction of sp³-hybridized carbons (Fsp3) is 0.280. The minimum absolute atomic E-state index is 0.0789. The number of thioether (sulfide) groups is 1. The van der Waals surface area contributed by atoms with E-state index in [4.69, 9.17) is 0 Å². The van der Waals surface area contributed by atoms with Crippen molar-refractivity contribution in [3.05, 3.63) is 76.1 Å². The van der Waals surface area contributed by atoms with E-state index in [9.17, 15) is 14.9 Å². The van der Waals surface area contributed by atoms with Crippen molar-refractivity contribution in [1.29, 1.82) is 5.26 Å². The Morgan fingerprint density at radius 2 is 1.97 bits per heavy atom. The van der Waals surface area contributed by atoms with E-state index in [0.29, 0.717) is 33.9 Å². The largest absolute Gasteiger partial charge is 0.324 e. The van der Waals surface area contributed by atoms with Crippen LogP contribution >= 0.6 is 11.8 Å². The lowest BCUT2D eigenvalue weighted by molar-refractivity contribution is -0.113. The molecule has 1 amide bonds. The van der Waals surface area contributed by atoms with Gasteiger partial charge in [-0.2, -0.15) is 5.26 Å². The maximum Gasteiger partial charge on any atom is 0.262 e. The van der Waals surface area contributed by atoms with Gasteiger partial charge in [0.2, 0.25) is 5.91 Å². The molecule has 0 bridgehead atoms. The predicted molar refractivity (Wildman–Crippen MR) is 128 cm³/mol. The normalized spacial score (nSPS) is 13.4. The summed E-state index contributed by atoms with van der Waals surface area (Å²) in [5.74, 6) is -0.158. The molecule has 2 aromatic carbocycles. The van der Waals surface area contributed by atoms with Crippen LogP contribution < -0.4 is 10.9 Å². The van der Waals surface area contributed by atoms with Crippen molar-refractivity contribution in [1.82, 2.24) is 9.55 Å². The highest BCUT2D eigenvalue weighted by molar-refractivity contribution is 7.99. The number of hydrogen-bond donors (Lipinski definition) is 1. The summed E-state index contributed by atoms with van der Waals surface area (Å²) in [4.78, 5) is 30.4. The van der Waals surface area contributed by atoms with Crippen molar-refractivity contribution in [2.75, 3.05) is 11.1 Å². The van der Waals surface area contributed by atoms with Crippen LogP contribution in [0.3, 0.4) is 0 Å². The van der Waals surface area contributed by atoms with Crippen LogP contribution in [0.15, 0.2) is 70.1 Å². The van der Waals surface area contributed by atoms with E-state index in [-0.39, 0.29) is 17.2 Å². The minimum atomic E-state index is -0.248. The molecule has 0 saturated heterocycles. The topological polar surface area (TPSA) is 87.8 Å². The minimum Gasteiger partial charge on any atom is -0.324 e. The lowest BCUT2D eigenvalue weighted by Crippen LogP contribution is -2.24. The number of hydrogen-bond acceptors (Lipinski definition) is 5. The fourth-order valence-corrected chi connectivity index (χ4v) is 4.67. The molecular weight excluding hydrogens is 420 g/mol. The van der Waals surface area contributed by atoms with Gasteiger partial charge in [0.15, 0.2) is 5.16 Å². The van der Waals surface area contributed by atoms with E-state index in [2.05, 4.69) is 22.4 Å². The van der Waals surface area contributed by atoms with Crippen LogP contribution in [-0.2, 0) is 11.3 Å². The van der Waals surface area contributed by atoms with Gasteiger partial charge in [-0.1, -0.05) is 47.7 Å². The van der Waals surface area contributed by atoms with Gasteiger partial charge < -0.3 is 5.32 Å². The van der Waals surface area contributed by atoms with Crippen molar-refractivity contribution in [3.63, 3.8) is 0 Å². The molecule has 3 aromatic rings. The number of allylic oxidation sites excluding steroid dienone is 2. The third-order valence-corrected chi connectivity index (χ3v) is 6.50. The number of carbonyl (C=O) groups is 1. The first-order valence-corrected chi connectivity index (χ1v) is 11.7. The predicted octanol–water partition coefficient (Wildman–Crippen LogP) is 4.89. The van der Waals surface area contributed by atoms with E-state index in [1.165, 1.54) is 30.2 Å². The van der Waals surface area contributed by atoms with Gasteiger partial charge in [0.05, 0.1) is 27.9 Å². The molecule has 1 aromatic heterocycles. The van der Waals surface area contributed by atoms with Crippen molar-refractivity contribution < 1.29 is 4.79 Å². The van der Waals surface area contributed by atoms with Gasteiger partial charge >= 0.3 is 0 Å². The Kier molecular flexibility index (Phi) is 7.03. The Hall–Kier alpha value is -3.37. The Bertz CT molecular complexity index is 1270. The number of benzene rings is 2. The number of aromatic nitrogens is 2. The number of para-hydroxylation sites is 2. The first kappa shape index (κ1) is 21.8. The van der Waals surface area contributed by atoms with Crippen LogP contribution in [0.2, 0.25) is 0 Å². The average molecular weight is 445 g/mol. The lowest BCUT2D eigenvalue weighted by Gasteiger charge is -2.16. The number of carbonyl (C=O) groups excluding carboxylic acids is 1. The molecule has 162 valence electrons. The van der Waals surface area contributed by atoms with Crippen LogP contribution in [0.1, 0.15) is 37.7 Å². The molecule has 1 aliphatic rings. The van der Waals surface area contributed by atoms with E-state index in [1.807, 2.05) is 18.2 Å². The number of amides is 1. The highest BCUT2D eigenvalue weighted by Crippen LogP contribution is 2.23. The summed E-state index contributed by atoms with van der Waals surface area (Å²) in [5.41, 5.74) is 2.83. The molecule has 0 aliphatic heterocycles. The van der Waals surface area contributed by atoms with Crippen molar-refractivity contribution in [2.24, 2.45) is 0 Å². The molecule has 0 atom stereocenters. The molecule has 0 radical (unpaired) electrons. The summed E-state index contributed by atoms with van der Waals surface area (Å²) >= 11 is 1.24. The van der Waals surface area contributed by atoms with Gasteiger partial charge in [0.1, 0.15) is 6.07 Å². The first-order valence-electron chi connectivity index (χ1n) is 10.7. The molecule has 0 saturated carbocycles. The summed E-state index contributed by atoms with van der Waals surface area (Å²) in [5, 5.41) is 13.1. The van der Waals surface area contributed by atoms with Crippen molar-refractivity contribution in [3.8, 4) is 6.07 Å². The molecule has 0 unspecified atom stereocenters. The molecule has 4 rings (SSSR count). The second-order valence-electron chi connectivity index (χ2n) is 7.72. The Morgan fingerprint density at radius 3 is 2.78 bits per heavy atom. The van der Waals surface area contributed by atoms with Crippen LogP contribution in [0, 0.1) is 11.3 Å². The van der Waals surface area contributed by atoms with E-state index in [1.54, 1.807) is 34.9 Å². The highest BCUT2D eigenvalue weighted by Gasteiger charge is 2.15. The molecule has 1 aliphatic carbocycles. The quantitative estimate of drug-likeness (QED) is 0.318. The number of nitrogens with one attached hydrogen (secondary N) is 1. The number of nitriles is 1. The maximum absolute atomic E-state index is 13.2. The molecule has 6 nitrogen and oxygen atoms in total. The third kappa shape index (κ3) is 5.09. The Balaban J connectivity index is 1.55. The molecule has 0 fully saturated rings. The first-order chi connectivity index (χ1) is 15.7. The van der Waals surface area contributed by atoms with Gasteiger partial charge in [0.25, 0.3) is 5.56 Å². The molecule has 0 spiro atoms. The lowest BCUT2D eigenvalue weighted by atomic mass is 9.97. The number of anilines is 1. The summed E-state index contributed by atoms with van der Waals surface area (Å²) in [6.07, 6.45) is 7.71. The van der Waals surface area contributed by atoms with E-state index < -0.39 is 0 Å². The monoisotopic (exact) mass is 444 g/mol. The Labute approximate surface area is 191 Å². The smallest absolute Gasteiger partial charge is 0.262 e. The standard InChI is InChI=1S/C25H24N4O2S/c26-16-19-10-4-6-12-21(19)27-23(30)17-32-25-28-22-13-7-5-11-20(22)24(31)29(25)15-14-18-8-2-1-3-9-18/h4-8,10-13H,1-3,9,14-15,17H2,(H,27,30). The van der Waals surface area contributed by atoms with Gasteiger partial charge in [-0.15, -0.1) is 0 Å². The second-order valence-corrected chi connectivity index (χ2v) is 8.66. The van der Waals surface area contributed by atoms with Gasteiger partial charge in [-0.25, -0.2) is 4.98 Å². The summed E-state index contributed by atoms with van der Waals surface area (Å²) in [7, 11) is 0. The highest BCUT2D eigenvalue weighted by atomic mass is 32.2. The maximum atomic E-state index is 13.2. The van der Waals surface area contributed by atoms with Crippen LogP contribution in [-0.4, -0.2) is 21.2 Å². The zero-order valence-corrected chi connectivity index (χ0v) is 18.5. The SMILES string of the molecule is N#Cc1ccccc1NC(=O)CSc1nc2ccccc2c(=O)n1CCC1=CCCCC1. The van der Waals surface area contributed by atoms with Crippen molar-refractivity contribution >= 4 is 34.3 Å². The van der Waals surface area contributed by atoms with E-state index in [0.717, 1.165) is 19.3 Å². The van der Waals surface area contributed by atoms with Gasteiger partial charge in [-0.05, 0) is 56.4 Å². The summed E-state index contributed by atoms with van der Waals surface area (Å²) in [6, 6.07) is 16.3. The number of rotatable bonds is 7. The molecular formula is C25H24N4O2S. The van der Waals surface area contributed by atoms with Crippen molar-refractivity contribution in [2.45, 2.75) is 43.8 Å². The number of fused-ring (bicyclic) bond motifs is 1. The number of nitrogens with zero attached hydrogens (tertiary/aromatic N) is 3. The molecule has 32 heavy (non-hydrogen) atoms. The second kappa shape index (κ2) is 10.3. The molecule has 7 heteroatoms. The van der Waals surface area contributed by atoms with Crippen LogP contribution in [0.25, 0.3) is 10.9 Å². The Morgan fingerprint density at radius 1 is 1.16 bits per heavy atom. The molecule has 1 heterocycles. The fourth-order valence-electron chi connectivity index (χ4n) is 3.85. The van der Waals surface area contributed by atoms with Crippen LogP contribution in [0.5, 0.6) is 0 Å². The summed E-state index contributed by atoms with van der Waals surface area (Å²) in [6.45, 7) is 0.545.